The molecule has 1 fully saturated rings. The zero-order valence-corrected chi connectivity index (χ0v) is 12.2. The Bertz CT molecular complexity index is 488. The Balaban J connectivity index is 2.03. The fraction of sp³-hybridized carbons (Fsp3) is 0.583. The van der Waals surface area contributed by atoms with Gasteiger partial charge in [-0.05, 0) is 35.7 Å². The normalized spacial score (nSPS) is 23.4. The van der Waals surface area contributed by atoms with Crippen LogP contribution in [0.4, 0.5) is 0 Å². The van der Waals surface area contributed by atoms with Crippen LogP contribution < -0.4 is 0 Å². The second kappa shape index (κ2) is 5.73. The molecule has 1 aliphatic heterocycles. The van der Waals surface area contributed by atoms with Crippen LogP contribution in [0.1, 0.15) is 19.8 Å². The second-order valence-corrected chi connectivity index (χ2v) is 5.69. The number of aliphatic carboxylic acids is 1. The van der Waals surface area contributed by atoms with Gasteiger partial charge in [-0.3, -0.25) is 14.3 Å². The van der Waals surface area contributed by atoms with E-state index in [2.05, 4.69) is 21.0 Å². The first-order valence-corrected chi connectivity index (χ1v) is 6.98. The Morgan fingerprint density at radius 3 is 2.89 bits per heavy atom. The van der Waals surface area contributed by atoms with E-state index in [1.165, 1.54) is 0 Å². The number of aromatic nitrogens is 2. The molecule has 0 saturated carbocycles. The van der Waals surface area contributed by atoms with Crippen LogP contribution in [0.3, 0.4) is 0 Å². The van der Waals surface area contributed by atoms with Crippen LogP contribution in [-0.2, 0) is 16.1 Å². The van der Waals surface area contributed by atoms with Gasteiger partial charge in [-0.25, -0.2) is 0 Å². The van der Waals surface area contributed by atoms with E-state index < -0.39 is 11.9 Å². The third kappa shape index (κ3) is 3.15. The van der Waals surface area contributed by atoms with Crippen LogP contribution in [0.5, 0.6) is 0 Å². The van der Waals surface area contributed by atoms with E-state index in [0.717, 1.165) is 10.9 Å². The molecule has 0 unspecified atom stereocenters. The molecule has 0 aliphatic carbocycles. The summed E-state index contributed by atoms with van der Waals surface area (Å²) in [5.74, 6) is -1.39. The summed E-state index contributed by atoms with van der Waals surface area (Å²) in [5.41, 5.74) is 0. The molecule has 0 radical (unpaired) electrons. The Labute approximate surface area is 119 Å². The molecule has 0 spiro atoms. The van der Waals surface area contributed by atoms with E-state index in [-0.39, 0.29) is 18.5 Å². The molecule has 6 nitrogen and oxygen atoms in total. The SMILES string of the molecule is C[C@@H]1[C@H](C(=O)O)CCCN1C(=O)Cn1cc(Br)cn1. The van der Waals surface area contributed by atoms with Crippen molar-refractivity contribution in [2.45, 2.75) is 32.4 Å². The van der Waals surface area contributed by atoms with E-state index >= 15 is 0 Å². The minimum absolute atomic E-state index is 0.0888. The number of likely N-dealkylation sites (tertiary alicyclic amines) is 1. The third-order valence-corrected chi connectivity index (χ3v) is 3.93. The number of piperidine rings is 1. The van der Waals surface area contributed by atoms with Crippen molar-refractivity contribution in [3.8, 4) is 0 Å². The van der Waals surface area contributed by atoms with Gasteiger partial charge in [0.15, 0.2) is 0 Å². The molecule has 0 aromatic carbocycles. The number of amides is 1. The molecule has 2 rings (SSSR count). The molecular formula is C12H16BrN3O3. The lowest BCUT2D eigenvalue weighted by molar-refractivity contribution is -0.149. The molecule has 7 heteroatoms. The molecule has 1 aliphatic rings. The standard InChI is InChI=1S/C12H16BrN3O3/c1-8-10(12(18)19)3-2-4-16(8)11(17)7-15-6-9(13)5-14-15/h5-6,8,10H,2-4,7H2,1H3,(H,18,19)/t8-,10-/m1/s1. The molecule has 2 atom stereocenters. The zero-order chi connectivity index (χ0) is 14.0. The second-order valence-electron chi connectivity index (χ2n) is 4.77. The summed E-state index contributed by atoms with van der Waals surface area (Å²) in [6.45, 7) is 2.56. The van der Waals surface area contributed by atoms with Gasteiger partial charge in [0.2, 0.25) is 5.91 Å². The largest absolute Gasteiger partial charge is 0.481 e. The summed E-state index contributed by atoms with van der Waals surface area (Å²) in [5, 5.41) is 13.2. The van der Waals surface area contributed by atoms with Crippen molar-refractivity contribution in [1.82, 2.24) is 14.7 Å². The molecule has 19 heavy (non-hydrogen) atoms. The number of carbonyl (C=O) groups is 2. The van der Waals surface area contributed by atoms with Gasteiger partial charge in [0, 0.05) is 18.8 Å². The Morgan fingerprint density at radius 1 is 1.58 bits per heavy atom. The summed E-state index contributed by atoms with van der Waals surface area (Å²) >= 11 is 3.27. The lowest BCUT2D eigenvalue weighted by Crippen LogP contribution is -2.50. The molecular weight excluding hydrogens is 314 g/mol. The molecule has 104 valence electrons. The van der Waals surface area contributed by atoms with Gasteiger partial charge < -0.3 is 10.0 Å². The summed E-state index contributed by atoms with van der Waals surface area (Å²) in [7, 11) is 0. The van der Waals surface area contributed by atoms with Gasteiger partial charge in [0.05, 0.1) is 16.6 Å². The number of halogens is 1. The average Bonchev–Trinajstić information content (AvgIpc) is 2.74. The predicted octanol–water partition coefficient (Wildman–Crippen LogP) is 1.36. The molecule has 2 heterocycles. The Hall–Kier alpha value is -1.37. The first kappa shape index (κ1) is 14.0. The lowest BCUT2D eigenvalue weighted by Gasteiger charge is -2.37. The molecule has 1 N–H and O–H groups in total. The average molecular weight is 330 g/mol. The van der Waals surface area contributed by atoms with Crippen LogP contribution in [0.15, 0.2) is 16.9 Å². The molecule has 0 bridgehead atoms. The highest BCUT2D eigenvalue weighted by molar-refractivity contribution is 9.10. The predicted molar refractivity (Wildman–Crippen MR) is 71.5 cm³/mol. The molecule has 1 aromatic heterocycles. The number of carbonyl (C=O) groups excluding carboxylic acids is 1. The van der Waals surface area contributed by atoms with Crippen LogP contribution in [0, 0.1) is 5.92 Å². The highest BCUT2D eigenvalue weighted by atomic mass is 79.9. The summed E-state index contributed by atoms with van der Waals surface area (Å²) in [4.78, 5) is 25.0. The van der Waals surface area contributed by atoms with Gasteiger partial charge in [-0.15, -0.1) is 0 Å². The van der Waals surface area contributed by atoms with Crippen molar-refractivity contribution in [2.75, 3.05) is 6.54 Å². The van der Waals surface area contributed by atoms with Crippen molar-refractivity contribution < 1.29 is 14.7 Å². The number of nitrogens with zero attached hydrogens (tertiary/aromatic N) is 3. The van der Waals surface area contributed by atoms with Crippen LogP contribution in [0.2, 0.25) is 0 Å². The van der Waals surface area contributed by atoms with E-state index in [9.17, 15) is 9.59 Å². The first-order valence-electron chi connectivity index (χ1n) is 6.19. The lowest BCUT2D eigenvalue weighted by atomic mass is 9.90. The maximum Gasteiger partial charge on any atom is 0.308 e. The van der Waals surface area contributed by atoms with Gasteiger partial charge in [-0.2, -0.15) is 5.10 Å². The molecule has 1 amide bonds. The van der Waals surface area contributed by atoms with Crippen molar-refractivity contribution >= 4 is 27.8 Å². The summed E-state index contributed by atoms with van der Waals surface area (Å²) in [6, 6.07) is -0.266. The van der Waals surface area contributed by atoms with Gasteiger partial charge in [0.25, 0.3) is 0 Å². The van der Waals surface area contributed by atoms with E-state index in [1.807, 2.05) is 0 Å². The minimum Gasteiger partial charge on any atom is -0.481 e. The Morgan fingerprint density at radius 2 is 2.32 bits per heavy atom. The highest BCUT2D eigenvalue weighted by Crippen LogP contribution is 2.24. The maximum absolute atomic E-state index is 12.2. The quantitative estimate of drug-likeness (QED) is 0.908. The number of carboxylic acids is 1. The molecule has 1 aromatic rings. The van der Waals surface area contributed by atoms with Crippen molar-refractivity contribution in [3.05, 3.63) is 16.9 Å². The third-order valence-electron chi connectivity index (χ3n) is 3.52. The maximum atomic E-state index is 12.2. The number of rotatable bonds is 3. The minimum atomic E-state index is -0.827. The summed E-state index contributed by atoms with van der Waals surface area (Å²) in [6.07, 6.45) is 4.71. The van der Waals surface area contributed by atoms with Gasteiger partial charge in [-0.1, -0.05) is 0 Å². The van der Waals surface area contributed by atoms with Crippen LogP contribution in [0.25, 0.3) is 0 Å². The Kier molecular flexibility index (Phi) is 4.24. The first-order chi connectivity index (χ1) is 8.99. The fourth-order valence-corrected chi connectivity index (χ4v) is 2.81. The highest BCUT2D eigenvalue weighted by Gasteiger charge is 2.35. The monoisotopic (exact) mass is 329 g/mol. The van der Waals surface area contributed by atoms with Crippen LogP contribution in [-0.4, -0.2) is 44.3 Å². The van der Waals surface area contributed by atoms with Crippen molar-refractivity contribution in [1.29, 1.82) is 0 Å². The van der Waals surface area contributed by atoms with Gasteiger partial charge in [0.1, 0.15) is 6.54 Å². The fourth-order valence-electron chi connectivity index (χ4n) is 2.48. The van der Waals surface area contributed by atoms with E-state index in [0.29, 0.717) is 13.0 Å². The van der Waals surface area contributed by atoms with Crippen molar-refractivity contribution in [2.24, 2.45) is 5.92 Å². The molecule has 1 saturated heterocycles. The number of carboxylic acid groups (broad SMARTS) is 1. The topological polar surface area (TPSA) is 75.4 Å². The number of hydrogen-bond acceptors (Lipinski definition) is 3. The van der Waals surface area contributed by atoms with E-state index in [1.54, 1.807) is 28.9 Å². The van der Waals surface area contributed by atoms with Gasteiger partial charge >= 0.3 is 5.97 Å². The smallest absolute Gasteiger partial charge is 0.308 e. The van der Waals surface area contributed by atoms with E-state index in [4.69, 9.17) is 5.11 Å². The summed E-state index contributed by atoms with van der Waals surface area (Å²) < 4.78 is 2.36. The zero-order valence-electron chi connectivity index (χ0n) is 10.6. The number of hydrogen-bond donors (Lipinski definition) is 1. The van der Waals surface area contributed by atoms with Crippen molar-refractivity contribution in [3.63, 3.8) is 0 Å². The van der Waals surface area contributed by atoms with Crippen LogP contribution >= 0.6 is 15.9 Å².